The molecule has 1 aromatic heterocycles. The summed E-state index contributed by atoms with van der Waals surface area (Å²) < 4.78 is 5.29. The second-order valence-corrected chi connectivity index (χ2v) is 6.53. The fourth-order valence-electron chi connectivity index (χ4n) is 3.49. The zero-order valence-corrected chi connectivity index (χ0v) is 13.0. The molecule has 1 heterocycles. The van der Waals surface area contributed by atoms with Crippen LogP contribution in [0.15, 0.2) is 29.0 Å². The summed E-state index contributed by atoms with van der Waals surface area (Å²) in [6.07, 6.45) is 5.20. The highest BCUT2D eigenvalue weighted by Crippen LogP contribution is 2.32. The molecule has 1 N–H and O–H groups in total. The minimum absolute atomic E-state index is 0.556. The summed E-state index contributed by atoms with van der Waals surface area (Å²) in [7, 11) is 0. The van der Waals surface area contributed by atoms with Gasteiger partial charge in [0.25, 0.3) is 0 Å². The smallest absolute Gasteiger partial charge is 0.247 e. The third-order valence-electron chi connectivity index (χ3n) is 4.38. The van der Waals surface area contributed by atoms with Gasteiger partial charge in [-0.3, -0.25) is 0 Å². The molecule has 0 amide bonds. The van der Waals surface area contributed by atoms with E-state index in [1.54, 1.807) is 0 Å². The monoisotopic (exact) mass is 285 g/mol. The second-order valence-electron chi connectivity index (χ2n) is 6.53. The Hall–Kier alpha value is -1.84. The van der Waals surface area contributed by atoms with Gasteiger partial charge in [0.1, 0.15) is 0 Å². The lowest BCUT2D eigenvalue weighted by Gasteiger charge is -2.33. The quantitative estimate of drug-likeness (QED) is 0.914. The molecular weight excluding hydrogens is 262 g/mol. The van der Waals surface area contributed by atoms with E-state index < -0.39 is 0 Å². The Bertz CT molecular complexity index is 584. The molecule has 3 rings (SSSR count). The van der Waals surface area contributed by atoms with E-state index in [-0.39, 0.29) is 0 Å². The molecule has 112 valence electrons. The third kappa shape index (κ3) is 3.26. The van der Waals surface area contributed by atoms with Crippen molar-refractivity contribution in [3.05, 3.63) is 30.2 Å². The van der Waals surface area contributed by atoms with Gasteiger partial charge in [-0.1, -0.05) is 19.9 Å². The van der Waals surface area contributed by atoms with Crippen molar-refractivity contribution in [1.82, 2.24) is 10.2 Å². The van der Waals surface area contributed by atoms with Gasteiger partial charge in [0.05, 0.1) is 0 Å². The molecule has 1 saturated carbocycles. The van der Waals surface area contributed by atoms with Crippen LogP contribution in [0.5, 0.6) is 0 Å². The highest BCUT2D eigenvalue weighted by atomic mass is 16.4. The molecule has 1 aliphatic carbocycles. The fourth-order valence-corrected chi connectivity index (χ4v) is 3.49. The zero-order valence-electron chi connectivity index (χ0n) is 13.0. The zero-order chi connectivity index (χ0) is 14.8. The minimum Gasteiger partial charge on any atom is -0.423 e. The summed E-state index contributed by atoms with van der Waals surface area (Å²) in [5, 5.41) is 11.5. The maximum atomic E-state index is 5.29. The summed E-state index contributed by atoms with van der Waals surface area (Å²) >= 11 is 0. The predicted octanol–water partition coefficient (Wildman–Crippen LogP) is 4.28. The highest BCUT2D eigenvalue weighted by molar-refractivity contribution is 5.64. The van der Waals surface area contributed by atoms with E-state index in [2.05, 4.69) is 48.4 Å². The molecule has 0 radical (unpaired) electrons. The Morgan fingerprint density at radius 2 is 1.90 bits per heavy atom. The average molecular weight is 285 g/mol. The first-order valence-corrected chi connectivity index (χ1v) is 7.75. The molecule has 0 spiro atoms. The number of anilines is 1. The molecule has 1 aromatic carbocycles. The molecule has 4 heteroatoms. The Balaban J connectivity index is 1.80. The molecular formula is C17H23N3O. The Labute approximate surface area is 126 Å². The molecule has 21 heavy (non-hydrogen) atoms. The number of nitrogens with zero attached hydrogens (tertiary/aromatic N) is 2. The number of hydrogen-bond acceptors (Lipinski definition) is 4. The van der Waals surface area contributed by atoms with Crippen LogP contribution in [0.25, 0.3) is 11.5 Å². The number of hydrogen-bond donors (Lipinski definition) is 1. The van der Waals surface area contributed by atoms with Gasteiger partial charge in [-0.15, -0.1) is 10.2 Å². The molecule has 0 bridgehead atoms. The van der Waals surface area contributed by atoms with Crippen LogP contribution in [0.4, 0.5) is 5.69 Å². The SMILES string of the molecule is Cc1ccc(-c2nnco2)cc1NC1CC(C)CC(C)C1. The Morgan fingerprint density at radius 1 is 1.14 bits per heavy atom. The van der Waals surface area contributed by atoms with E-state index in [1.807, 2.05) is 6.07 Å². The number of rotatable bonds is 3. The van der Waals surface area contributed by atoms with Crippen molar-refractivity contribution in [2.24, 2.45) is 11.8 Å². The standard InChI is InChI=1S/C17H23N3O/c1-11-6-12(2)8-15(7-11)19-16-9-14(5-4-13(16)3)17-20-18-10-21-17/h4-5,9-12,15,19H,6-8H2,1-3H3. The number of aryl methyl sites for hydroxylation is 1. The molecule has 2 unspecified atom stereocenters. The molecule has 1 fully saturated rings. The van der Waals surface area contributed by atoms with E-state index >= 15 is 0 Å². The largest absolute Gasteiger partial charge is 0.423 e. The van der Waals surface area contributed by atoms with E-state index in [0.29, 0.717) is 11.9 Å². The molecule has 2 atom stereocenters. The van der Waals surface area contributed by atoms with E-state index in [9.17, 15) is 0 Å². The van der Waals surface area contributed by atoms with Crippen LogP contribution in [0.3, 0.4) is 0 Å². The van der Waals surface area contributed by atoms with Gasteiger partial charge in [-0.25, -0.2) is 0 Å². The summed E-state index contributed by atoms with van der Waals surface area (Å²) in [4.78, 5) is 0. The van der Waals surface area contributed by atoms with E-state index in [4.69, 9.17) is 4.42 Å². The van der Waals surface area contributed by atoms with Crippen molar-refractivity contribution in [3.8, 4) is 11.5 Å². The van der Waals surface area contributed by atoms with Crippen molar-refractivity contribution in [3.63, 3.8) is 0 Å². The molecule has 0 saturated heterocycles. The van der Waals surface area contributed by atoms with Gasteiger partial charge >= 0.3 is 0 Å². The lowest BCUT2D eigenvalue weighted by atomic mass is 9.80. The molecule has 4 nitrogen and oxygen atoms in total. The van der Waals surface area contributed by atoms with Gasteiger partial charge in [-0.05, 0) is 55.7 Å². The summed E-state index contributed by atoms with van der Waals surface area (Å²) in [6, 6.07) is 6.81. The van der Waals surface area contributed by atoms with Crippen LogP contribution < -0.4 is 5.32 Å². The molecule has 1 aliphatic rings. The summed E-state index contributed by atoms with van der Waals surface area (Å²) in [5.41, 5.74) is 3.40. The second kappa shape index (κ2) is 5.88. The van der Waals surface area contributed by atoms with Crippen LogP contribution in [0, 0.1) is 18.8 Å². The summed E-state index contributed by atoms with van der Waals surface area (Å²) in [6.45, 7) is 6.84. The third-order valence-corrected chi connectivity index (χ3v) is 4.38. The minimum atomic E-state index is 0.556. The normalized spacial score (nSPS) is 25.8. The van der Waals surface area contributed by atoms with Crippen LogP contribution in [0.1, 0.15) is 38.7 Å². The average Bonchev–Trinajstić information content (AvgIpc) is 2.94. The van der Waals surface area contributed by atoms with Crippen LogP contribution in [0.2, 0.25) is 0 Å². The van der Waals surface area contributed by atoms with Crippen molar-refractivity contribution in [2.45, 2.75) is 46.1 Å². The fraction of sp³-hybridized carbons (Fsp3) is 0.529. The van der Waals surface area contributed by atoms with Crippen molar-refractivity contribution in [1.29, 1.82) is 0 Å². The van der Waals surface area contributed by atoms with Crippen LogP contribution >= 0.6 is 0 Å². The maximum absolute atomic E-state index is 5.29. The van der Waals surface area contributed by atoms with Crippen molar-refractivity contribution >= 4 is 5.69 Å². The maximum Gasteiger partial charge on any atom is 0.247 e. The van der Waals surface area contributed by atoms with Gasteiger partial charge < -0.3 is 9.73 Å². The van der Waals surface area contributed by atoms with Gasteiger partial charge in [0, 0.05) is 17.3 Å². The topological polar surface area (TPSA) is 51.0 Å². The van der Waals surface area contributed by atoms with E-state index in [0.717, 1.165) is 17.4 Å². The Morgan fingerprint density at radius 3 is 2.57 bits per heavy atom. The van der Waals surface area contributed by atoms with Gasteiger partial charge in [-0.2, -0.15) is 0 Å². The lowest BCUT2D eigenvalue weighted by Crippen LogP contribution is -2.30. The van der Waals surface area contributed by atoms with Gasteiger partial charge in [0.15, 0.2) is 0 Å². The predicted molar refractivity (Wildman–Crippen MR) is 84.1 cm³/mol. The highest BCUT2D eigenvalue weighted by Gasteiger charge is 2.24. The summed E-state index contributed by atoms with van der Waals surface area (Å²) in [5.74, 6) is 2.17. The Kier molecular flexibility index (Phi) is 3.95. The number of nitrogens with one attached hydrogen (secondary N) is 1. The van der Waals surface area contributed by atoms with Gasteiger partial charge in [0.2, 0.25) is 12.3 Å². The van der Waals surface area contributed by atoms with Crippen molar-refractivity contribution in [2.75, 3.05) is 5.32 Å². The lowest BCUT2D eigenvalue weighted by molar-refractivity contribution is 0.281. The number of benzene rings is 1. The first-order chi connectivity index (χ1) is 10.1. The first kappa shape index (κ1) is 14.1. The molecule has 0 aliphatic heterocycles. The van der Waals surface area contributed by atoms with E-state index in [1.165, 1.54) is 36.9 Å². The molecule has 2 aromatic rings. The first-order valence-electron chi connectivity index (χ1n) is 7.75. The van der Waals surface area contributed by atoms with Crippen molar-refractivity contribution < 1.29 is 4.42 Å². The van der Waals surface area contributed by atoms with Crippen LogP contribution in [-0.2, 0) is 0 Å². The van der Waals surface area contributed by atoms with Crippen LogP contribution in [-0.4, -0.2) is 16.2 Å². The number of aromatic nitrogens is 2.